The van der Waals surface area contributed by atoms with Crippen molar-refractivity contribution in [2.75, 3.05) is 0 Å². The van der Waals surface area contributed by atoms with Crippen LogP contribution >= 0.6 is 0 Å². The normalized spacial score (nSPS) is 11.1. The smallest absolute Gasteiger partial charge is 0.159 e. The maximum Gasteiger partial charge on any atom is 0.159 e. The fourth-order valence-electron chi connectivity index (χ4n) is 10.3. The maximum atomic E-state index is 7.29. The zero-order valence-corrected chi connectivity index (χ0v) is 41.8. The number of pyridine rings is 3. The molecule has 13 aromatic rings. The number of hydrogen-bond donors (Lipinski definition) is 0. The molecule has 0 spiro atoms. The van der Waals surface area contributed by atoms with Gasteiger partial charge in [-0.25, -0.2) is 9.97 Å². The number of fused-ring (bicyclic) bond motifs is 1. The number of hydrogen-bond acceptors (Lipinski definition) is 6. The van der Waals surface area contributed by atoms with Crippen LogP contribution in [0.4, 0.5) is 0 Å². The van der Waals surface area contributed by atoms with Gasteiger partial charge in [0, 0.05) is 64.2 Å². The molecular weight excluding hydrogens is 939 g/mol. The van der Waals surface area contributed by atoms with Crippen molar-refractivity contribution in [2.24, 2.45) is 0 Å². The first-order chi connectivity index (χ1) is 38.2. The van der Waals surface area contributed by atoms with Crippen molar-refractivity contribution in [3.05, 3.63) is 286 Å². The summed E-state index contributed by atoms with van der Waals surface area (Å²) < 4.78 is 7.29. The van der Waals surface area contributed by atoms with Crippen LogP contribution in [0.5, 0.6) is 11.5 Å². The summed E-state index contributed by atoms with van der Waals surface area (Å²) in [5.74, 6) is 1.99. The van der Waals surface area contributed by atoms with Gasteiger partial charge >= 0.3 is 0 Å². The van der Waals surface area contributed by atoms with Gasteiger partial charge < -0.3 is 4.74 Å². The standard InChI is InChI=1S/C71H47N5O/c1-2-22-63-52(16-1)42-57(68-26-11-14-39-74-68)47-69(63)77-70-46-53(71-75-40-15-41-76-71)35-36-65(70)64-23-8-7-21-62(64)56-44-54(60-19-5-3-17-58(60)48-27-31-50(32-28-48)66-24-9-12-37-72-66)43-55(45-56)61-20-6-4-18-59(61)49-29-33-51(34-30-49)67-25-10-13-38-73-67/h1-47H. The largest absolute Gasteiger partial charge is 0.456 e. The molecule has 0 aliphatic carbocycles. The Morgan fingerprint density at radius 1 is 0.221 bits per heavy atom. The molecular formula is C71H47N5O. The Kier molecular flexibility index (Phi) is 12.5. The minimum atomic E-state index is 0.608. The van der Waals surface area contributed by atoms with Crippen molar-refractivity contribution in [3.63, 3.8) is 0 Å². The molecule has 0 aliphatic heterocycles. The Balaban J connectivity index is 0.991. The molecule has 0 unspecified atom stereocenters. The second-order valence-electron chi connectivity index (χ2n) is 18.8. The highest BCUT2D eigenvalue weighted by Crippen LogP contribution is 2.46. The van der Waals surface area contributed by atoms with Gasteiger partial charge in [0.05, 0.1) is 17.1 Å². The molecule has 4 aromatic heterocycles. The van der Waals surface area contributed by atoms with Gasteiger partial charge in [0.1, 0.15) is 11.5 Å². The Hall–Kier alpha value is -10.4. The van der Waals surface area contributed by atoms with Gasteiger partial charge in [0.2, 0.25) is 0 Å². The summed E-state index contributed by atoms with van der Waals surface area (Å²) in [7, 11) is 0. The van der Waals surface area contributed by atoms with Crippen LogP contribution in [0.2, 0.25) is 0 Å². The van der Waals surface area contributed by atoms with E-state index in [0.29, 0.717) is 17.3 Å². The van der Waals surface area contributed by atoms with Crippen molar-refractivity contribution in [1.82, 2.24) is 24.9 Å². The number of aromatic nitrogens is 5. The van der Waals surface area contributed by atoms with Crippen LogP contribution in [0.1, 0.15) is 0 Å². The molecule has 0 saturated heterocycles. The lowest BCUT2D eigenvalue weighted by Gasteiger charge is -2.20. The summed E-state index contributed by atoms with van der Waals surface area (Å²) in [4.78, 5) is 23.3. The van der Waals surface area contributed by atoms with Crippen LogP contribution in [0.3, 0.4) is 0 Å². The van der Waals surface area contributed by atoms with E-state index < -0.39 is 0 Å². The molecule has 6 nitrogen and oxygen atoms in total. The van der Waals surface area contributed by atoms with Gasteiger partial charge in [-0.15, -0.1) is 0 Å². The van der Waals surface area contributed by atoms with Gasteiger partial charge in [-0.2, -0.15) is 0 Å². The fraction of sp³-hybridized carbons (Fsp3) is 0. The van der Waals surface area contributed by atoms with Gasteiger partial charge in [0.25, 0.3) is 0 Å². The van der Waals surface area contributed by atoms with Crippen LogP contribution in [0, 0.1) is 0 Å². The summed E-state index contributed by atoms with van der Waals surface area (Å²) >= 11 is 0. The molecule has 0 radical (unpaired) electrons. The molecule has 0 aliphatic rings. The SMILES string of the molecule is c1ccc(-c2ccc(-c3ccccc3-c3cc(-c4ccccc4-c4ccc(-c5ccccn5)cc4)cc(-c4ccccc4-c4ccc(-c5ncccn5)cc4Oc4cc(-c5ccccn5)cc5ccccc45)c3)cc2)nc1. The molecule has 0 amide bonds. The minimum Gasteiger partial charge on any atom is -0.456 e. The number of rotatable bonds is 12. The summed E-state index contributed by atoms with van der Waals surface area (Å²) in [6, 6.07) is 89.3. The molecule has 4 heterocycles. The molecule has 362 valence electrons. The summed E-state index contributed by atoms with van der Waals surface area (Å²) in [5, 5.41) is 2.04. The lowest BCUT2D eigenvalue weighted by molar-refractivity contribution is 0.490. The Bertz CT molecular complexity index is 4060. The van der Waals surface area contributed by atoms with Gasteiger partial charge in [-0.05, 0) is 152 Å². The van der Waals surface area contributed by atoms with Crippen LogP contribution in [0.25, 0.3) is 123 Å². The summed E-state index contributed by atoms with van der Waals surface area (Å²) in [6.45, 7) is 0. The van der Waals surface area contributed by atoms with E-state index in [2.05, 4.69) is 214 Å². The van der Waals surface area contributed by atoms with Crippen molar-refractivity contribution in [1.29, 1.82) is 0 Å². The molecule has 0 fully saturated rings. The first-order valence-corrected chi connectivity index (χ1v) is 25.7. The van der Waals surface area contributed by atoms with Crippen molar-refractivity contribution < 1.29 is 4.74 Å². The third-order valence-corrected chi connectivity index (χ3v) is 14.1. The van der Waals surface area contributed by atoms with E-state index in [0.717, 1.165) is 117 Å². The number of nitrogens with zero attached hydrogens (tertiary/aromatic N) is 5. The van der Waals surface area contributed by atoms with Crippen molar-refractivity contribution in [3.8, 4) is 123 Å². The van der Waals surface area contributed by atoms with E-state index in [9.17, 15) is 0 Å². The van der Waals surface area contributed by atoms with E-state index in [1.54, 1.807) is 12.4 Å². The molecule has 6 heteroatoms. The van der Waals surface area contributed by atoms with Crippen molar-refractivity contribution in [2.45, 2.75) is 0 Å². The lowest BCUT2D eigenvalue weighted by Crippen LogP contribution is -1.95. The predicted molar refractivity (Wildman–Crippen MR) is 314 cm³/mol. The molecule has 9 aromatic carbocycles. The van der Waals surface area contributed by atoms with Crippen LogP contribution in [-0.4, -0.2) is 24.9 Å². The van der Waals surface area contributed by atoms with Gasteiger partial charge in [-0.1, -0.05) is 170 Å². The first-order valence-electron chi connectivity index (χ1n) is 25.7. The molecule has 13 rings (SSSR count). The monoisotopic (exact) mass is 985 g/mol. The predicted octanol–water partition coefficient (Wildman–Crippen LogP) is 18.3. The average Bonchev–Trinajstić information content (AvgIpc) is 3.52. The van der Waals surface area contributed by atoms with Crippen LogP contribution < -0.4 is 4.74 Å². The number of benzene rings is 9. The third-order valence-electron chi connectivity index (χ3n) is 14.1. The fourth-order valence-corrected chi connectivity index (χ4v) is 10.3. The average molecular weight is 986 g/mol. The zero-order valence-electron chi connectivity index (χ0n) is 41.8. The highest BCUT2D eigenvalue weighted by atomic mass is 16.5. The first kappa shape index (κ1) is 46.4. The molecule has 0 saturated carbocycles. The van der Waals surface area contributed by atoms with E-state index in [4.69, 9.17) is 9.72 Å². The van der Waals surface area contributed by atoms with Crippen LogP contribution in [-0.2, 0) is 0 Å². The minimum absolute atomic E-state index is 0.608. The molecule has 77 heavy (non-hydrogen) atoms. The third kappa shape index (κ3) is 9.55. The second kappa shape index (κ2) is 20.8. The molecule has 0 N–H and O–H groups in total. The van der Waals surface area contributed by atoms with Gasteiger partial charge in [0.15, 0.2) is 5.82 Å². The zero-order chi connectivity index (χ0) is 51.3. The quantitative estimate of drug-likeness (QED) is 0.121. The molecule has 0 bridgehead atoms. The van der Waals surface area contributed by atoms with Crippen LogP contribution in [0.15, 0.2) is 286 Å². The van der Waals surface area contributed by atoms with Gasteiger partial charge in [-0.3, -0.25) is 15.0 Å². The van der Waals surface area contributed by atoms with E-state index in [-0.39, 0.29) is 0 Å². The second-order valence-corrected chi connectivity index (χ2v) is 18.8. The number of ether oxygens (including phenoxy) is 1. The van der Waals surface area contributed by atoms with E-state index in [1.165, 1.54) is 0 Å². The Morgan fingerprint density at radius 2 is 0.610 bits per heavy atom. The maximum absolute atomic E-state index is 7.29. The summed E-state index contributed by atoms with van der Waals surface area (Å²) in [6.07, 6.45) is 9.04. The molecule has 0 atom stereocenters. The highest BCUT2D eigenvalue weighted by molar-refractivity contribution is 5.97. The topological polar surface area (TPSA) is 73.7 Å². The van der Waals surface area contributed by atoms with Crippen molar-refractivity contribution >= 4 is 10.8 Å². The Labute approximate surface area is 447 Å². The Morgan fingerprint density at radius 3 is 1.12 bits per heavy atom. The summed E-state index contributed by atoms with van der Waals surface area (Å²) in [5.41, 5.74) is 19.6. The van der Waals surface area contributed by atoms with E-state index >= 15 is 0 Å². The highest BCUT2D eigenvalue weighted by Gasteiger charge is 2.20. The lowest BCUT2D eigenvalue weighted by atomic mass is 9.86. The van der Waals surface area contributed by atoms with E-state index in [1.807, 2.05) is 79.3 Å².